The van der Waals surface area contributed by atoms with Gasteiger partial charge in [0.15, 0.2) is 0 Å². The minimum absolute atomic E-state index is 0.00416. The number of carbonyl (C=O) groups excluding carboxylic acids is 1. The Hall–Kier alpha value is -3.16. The minimum atomic E-state index is -0.274. The molecule has 0 radical (unpaired) electrons. The SMILES string of the molecule is CCn1c(CC[C@]2(Cc3c(CC(N)=O)sc4ccccc34)CCCN2)cc2ccc(C(=N)N)cc21. The molecule has 6 nitrogen and oxygen atoms in total. The predicted octanol–water partition coefficient (Wildman–Crippen LogP) is 4.49. The molecule has 1 fully saturated rings. The van der Waals surface area contributed by atoms with E-state index in [2.05, 4.69) is 53.2 Å². The van der Waals surface area contributed by atoms with Crippen LogP contribution in [-0.2, 0) is 30.6 Å². The molecule has 35 heavy (non-hydrogen) atoms. The largest absolute Gasteiger partial charge is 0.384 e. The van der Waals surface area contributed by atoms with Crippen molar-refractivity contribution in [3.63, 3.8) is 0 Å². The highest BCUT2D eigenvalue weighted by atomic mass is 32.1. The van der Waals surface area contributed by atoms with Crippen LogP contribution in [0, 0.1) is 5.41 Å². The maximum absolute atomic E-state index is 11.8. The maximum atomic E-state index is 11.8. The van der Waals surface area contributed by atoms with Crippen molar-refractivity contribution in [3.8, 4) is 0 Å². The van der Waals surface area contributed by atoms with Crippen LogP contribution in [0.4, 0.5) is 0 Å². The number of rotatable bonds is 9. The molecule has 5 rings (SSSR count). The number of nitrogen functional groups attached to an aromatic ring is 1. The molecule has 1 saturated heterocycles. The average Bonchev–Trinajstić information content (AvgIpc) is 3.53. The first-order valence-electron chi connectivity index (χ1n) is 12.4. The molecule has 0 unspecified atom stereocenters. The molecule has 4 aromatic rings. The third-order valence-corrected chi connectivity index (χ3v) is 8.65. The number of amidine groups is 1. The second-order valence-corrected chi connectivity index (χ2v) is 10.8. The van der Waals surface area contributed by atoms with Crippen molar-refractivity contribution in [3.05, 3.63) is 70.2 Å². The van der Waals surface area contributed by atoms with Gasteiger partial charge in [-0.2, -0.15) is 0 Å². The van der Waals surface area contributed by atoms with Gasteiger partial charge in [-0.25, -0.2) is 0 Å². The van der Waals surface area contributed by atoms with Gasteiger partial charge in [0.2, 0.25) is 5.91 Å². The van der Waals surface area contributed by atoms with Crippen LogP contribution < -0.4 is 16.8 Å². The number of thiophene rings is 1. The number of aromatic nitrogens is 1. The average molecular weight is 488 g/mol. The molecule has 0 saturated carbocycles. The van der Waals surface area contributed by atoms with Gasteiger partial charge in [-0.3, -0.25) is 10.2 Å². The van der Waals surface area contributed by atoms with Crippen LogP contribution in [0.1, 0.15) is 47.9 Å². The summed E-state index contributed by atoms with van der Waals surface area (Å²) in [6.45, 7) is 4.06. The lowest BCUT2D eigenvalue weighted by molar-refractivity contribution is -0.117. The zero-order valence-corrected chi connectivity index (χ0v) is 21.0. The van der Waals surface area contributed by atoms with Gasteiger partial charge in [-0.1, -0.05) is 30.3 Å². The molecule has 0 aliphatic carbocycles. The van der Waals surface area contributed by atoms with Crippen molar-refractivity contribution in [2.24, 2.45) is 11.5 Å². The Morgan fingerprint density at radius 3 is 2.74 bits per heavy atom. The highest BCUT2D eigenvalue weighted by Crippen LogP contribution is 2.38. The van der Waals surface area contributed by atoms with E-state index >= 15 is 0 Å². The van der Waals surface area contributed by atoms with Crippen LogP contribution in [0.15, 0.2) is 48.5 Å². The first-order valence-corrected chi connectivity index (χ1v) is 13.2. The van der Waals surface area contributed by atoms with Crippen molar-refractivity contribution in [1.29, 1.82) is 5.41 Å². The molecule has 1 amide bonds. The molecule has 0 spiro atoms. The molecule has 1 aliphatic rings. The molecule has 182 valence electrons. The van der Waals surface area contributed by atoms with Gasteiger partial charge in [0.1, 0.15) is 5.84 Å². The van der Waals surface area contributed by atoms with Crippen molar-refractivity contribution in [1.82, 2.24) is 9.88 Å². The van der Waals surface area contributed by atoms with Gasteiger partial charge < -0.3 is 21.4 Å². The molecule has 2 aromatic carbocycles. The van der Waals surface area contributed by atoms with E-state index in [0.717, 1.165) is 61.2 Å². The second kappa shape index (κ2) is 9.47. The summed E-state index contributed by atoms with van der Waals surface area (Å²) in [7, 11) is 0. The Morgan fingerprint density at radius 1 is 1.20 bits per heavy atom. The topological polar surface area (TPSA) is 110 Å². The number of nitrogens with two attached hydrogens (primary N) is 2. The number of benzene rings is 2. The summed E-state index contributed by atoms with van der Waals surface area (Å²) in [6.07, 6.45) is 5.45. The normalized spacial score (nSPS) is 18.0. The lowest BCUT2D eigenvalue weighted by atomic mass is 9.83. The second-order valence-electron chi connectivity index (χ2n) is 9.70. The number of nitrogens with one attached hydrogen (secondary N) is 2. The van der Waals surface area contributed by atoms with E-state index in [-0.39, 0.29) is 17.3 Å². The van der Waals surface area contributed by atoms with E-state index in [9.17, 15) is 4.79 Å². The molecule has 2 aromatic heterocycles. The molecule has 3 heterocycles. The lowest BCUT2D eigenvalue weighted by Crippen LogP contribution is -2.42. The molecular formula is C28H33N5OS. The summed E-state index contributed by atoms with van der Waals surface area (Å²) in [6, 6.07) is 16.8. The molecule has 1 aliphatic heterocycles. The number of aryl methyl sites for hydroxylation is 2. The van der Waals surface area contributed by atoms with E-state index in [4.69, 9.17) is 16.9 Å². The monoisotopic (exact) mass is 487 g/mol. The van der Waals surface area contributed by atoms with E-state index < -0.39 is 0 Å². The van der Waals surface area contributed by atoms with E-state index in [1.165, 1.54) is 26.7 Å². The summed E-state index contributed by atoms with van der Waals surface area (Å²) in [4.78, 5) is 12.9. The first kappa shape index (κ1) is 23.6. The predicted molar refractivity (Wildman–Crippen MR) is 145 cm³/mol. The summed E-state index contributed by atoms with van der Waals surface area (Å²) in [5.74, 6) is -0.176. The van der Waals surface area contributed by atoms with Gasteiger partial charge in [0, 0.05) is 38.4 Å². The van der Waals surface area contributed by atoms with E-state index in [1.807, 2.05) is 12.1 Å². The van der Waals surface area contributed by atoms with Gasteiger partial charge >= 0.3 is 0 Å². The van der Waals surface area contributed by atoms with Crippen LogP contribution >= 0.6 is 11.3 Å². The number of carbonyl (C=O) groups is 1. The van der Waals surface area contributed by atoms with Crippen LogP contribution in [0.2, 0.25) is 0 Å². The number of primary amides is 1. The van der Waals surface area contributed by atoms with Crippen molar-refractivity contribution in [2.75, 3.05) is 6.54 Å². The minimum Gasteiger partial charge on any atom is -0.384 e. The zero-order valence-electron chi connectivity index (χ0n) is 20.2. The third kappa shape index (κ3) is 4.58. The fraction of sp³-hybridized carbons (Fsp3) is 0.357. The highest BCUT2D eigenvalue weighted by molar-refractivity contribution is 7.19. The fourth-order valence-corrected chi connectivity index (χ4v) is 6.96. The number of nitrogens with zero attached hydrogens (tertiary/aromatic N) is 1. The summed E-state index contributed by atoms with van der Waals surface area (Å²) < 4.78 is 3.57. The summed E-state index contributed by atoms with van der Waals surface area (Å²) in [5.41, 5.74) is 15.8. The molecule has 1 atom stereocenters. The Balaban J connectivity index is 1.46. The number of hydrogen-bond donors (Lipinski definition) is 4. The van der Waals surface area contributed by atoms with Gasteiger partial charge in [0.25, 0.3) is 0 Å². The third-order valence-electron chi connectivity index (χ3n) is 7.44. The van der Waals surface area contributed by atoms with Crippen molar-refractivity contribution >= 4 is 44.1 Å². The molecular weight excluding hydrogens is 454 g/mol. The maximum Gasteiger partial charge on any atom is 0.222 e. The lowest BCUT2D eigenvalue weighted by Gasteiger charge is -2.30. The molecule has 7 heteroatoms. The quantitative estimate of drug-likeness (QED) is 0.206. The molecule has 0 bridgehead atoms. The number of amides is 1. The van der Waals surface area contributed by atoms with Gasteiger partial charge in [0.05, 0.1) is 6.42 Å². The van der Waals surface area contributed by atoms with E-state index in [1.54, 1.807) is 11.3 Å². The fourth-order valence-electron chi connectivity index (χ4n) is 5.73. The van der Waals surface area contributed by atoms with Crippen molar-refractivity contribution < 1.29 is 4.79 Å². The summed E-state index contributed by atoms with van der Waals surface area (Å²) in [5, 5.41) is 14.1. The smallest absolute Gasteiger partial charge is 0.222 e. The Bertz CT molecular complexity index is 1410. The summed E-state index contributed by atoms with van der Waals surface area (Å²) >= 11 is 1.70. The van der Waals surface area contributed by atoms with Crippen LogP contribution in [-0.4, -0.2) is 28.4 Å². The highest BCUT2D eigenvalue weighted by Gasteiger charge is 2.35. The Morgan fingerprint density at radius 2 is 2.03 bits per heavy atom. The molecule has 6 N–H and O–H groups in total. The number of fused-ring (bicyclic) bond motifs is 2. The van der Waals surface area contributed by atoms with E-state index in [0.29, 0.717) is 6.42 Å². The van der Waals surface area contributed by atoms with Crippen LogP contribution in [0.3, 0.4) is 0 Å². The van der Waals surface area contributed by atoms with Crippen LogP contribution in [0.25, 0.3) is 21.0 Å². The Labute approximate surface area is 209 Å². The standard InChI is InChI=1S/C28H33N5OS/c1-2-33-20(14-18-8-9-19(27(30)31)15-23(18)33)10-12-28(11-5-13-32-28)17-22-21-6-3-4-7-24(21)35-25(22)16-26(29)34/h3-4,6-9,14-15,32H,2,5,10-13,16-17H2,1H3,(H2,29,34)(H3,30,31)/t28-/m0/s1. The van der Waals surface area contributed by atoms with Crippen molar-refractivity contribution in [2.45, 2.75) is 57.5 Å². The Kier molecular flexibility index (Phi) is 6.38. The van der Waals surface area contributed by atoms with Gasteiger partial charge in [-0.05, 0) is 80.1 Å². The van der Waals surface area contributed by atoms with Gasteiger partial charge in [-0.15, -0.1) is 11.3 Å². The first-order chi connectivity index (χ1) is 16.9. The van der Waals surface area contributed by atoms with Crippen LogP contribution in [0.5, 0.6) is 0 Å². The zero-order chi connectivity index (χ0) is 24.6. The number of hydrogen-bond acceptors (Lipinski definition) is 4.